The van der Waals surface area contributed by atoms with Crippen molar-refractivity contribution in [1.82, 2.24) is 4.90 Å². The van der Waals surface area contributed by atoms with Gasteiger partial charge in [-0.15, -0.1) is 0 Å². The first kappa shape index (κ1) is 15.0. The van der Waals surface area contributed by atoms with Gasteiger partial charge in [-0.05, 0) is 30.4 Å². The lowest BCUT2D eigenvalue weighted by atomic mass is 9.72. The standard InChI is InChI=1S/C17H23FN2/c1-3-7-17(8-4-2)12-20(13-17)11-15-6-5-14(10-19)9-16(15)18/h5-6,9H,3-4,7-8,11-13H2,1-2H3. The lowest BCUT2D eigenvalue weighted by Crippen LogP contribution is -2.55. The summed E-state index contributed by atoms with van der Waals surface area (Å²) in [5.41, 5.74) is 1.55. The molecule has 1 aliphatic rings. The number of rotatable bonds is 6. The fourth-order valence-corrected chi connectivity index (χ4v) is 3.50. The van der Waals surface area contributed by atoms with Crippen LogP contribution in [0.3, 0.4) is 0 Å². The van der Waals surface area contributed by atoms with Crippen molar-refractivity contribution < 1.29 is 4.39 Å². The van der Waals surface area contributed by atoms with Gasteiger partial charge in [0.05, 0.1) is 11.6 Å². The average molecular weight is 274 g/mol. The van der Waals surface area contributed by atoms with Gasteiger partial charge in [0.2, 0.25) is 0 Å². The fourth-order valence-electron chi connectivity index (χ4n) is 3.50. The van der Waals surface area contributed by atoms with Crippen LogP contribution in [0.25, 0.3) is 0 Å². The number of hydrogen-bond donors (Lipinski definition) is 0. The van der Waals surface area contributed by atoms with Crippen LogP contribution in [0, 0.1) is 22.6 Å². The third-order valence-corrected chi connectivity index (χ3v) is 4.25. The van der Waals surface area contributed by atoms with Gasteiger partial charge in [0.1, 0.15) is 5.82 Å². The van der Waals surface area contributed by atoms with Crippen LogP contribution in [0.2, 0.25) is 0 Å². The molecule has 0 amide bonds. The third kappa shape index (κ3) is 3.19. The molecule has 0 saturated carbocycles. The topological polar surface area (TPSA) is 27.0 Å². The van der Waals surface area contributed by atoms with Crippen LogP contribution in [0.5, 0.6) is 0 Å². The van der Waals surface area contributed by atoms with Crippen LogP contribution >= 0.6 is 0 Å². The summed E-state index contributed by atoms with van der Waals surface area (Å²) in [6.07, 6.45) is 4.98. The molecule has 1 aromatic carbocycles. The molecule has 1 heterocycles. The third-order valence-electron chi connectivity index (χ3n) is 4.25. The molecule has 0 atom stereocenters. The molecule has 108 valence electrons. The first-order chi connectivity index (χ1) is 9.62. The summed E-state index contributed by atoms with van der Waals surface area (Å²) in [6.45, 7) is 7.29. The quantitative estimate of drug-likeness (QED) is 0.781. The SMILES string of the molecule is CCCC1(CCC)CN(Cc2ccc(C#N)cc2F)C1. The van der Waals surface area contributed by atoms with Crippen molar-refractivity contribution in [2.24, 2.45) is 5.41 Å². The molecular weight excluding hydrogens is 251 g/mol. The molecule has 2 rings (SSSR count). The van der Waals surface area contributed by atoms with Gasteiger partial charge in [0, 0.05) is 25.2 Å². The van der Waals surface area contributed by atoms with Gasteiger partial charge < -0.3 is 0 Å². The van der Waals surface area contributed by atoms with E-state index in [9.17, 15) is 4.39 Å². The number of hydrogen-bond acceptors (Lipinski definition) is 2. The number of nitriles is 1. The normalized spacial score (nSPS) is 17.5. The highest BCUT2D eigenvalue weighted by Gasteiger charge is 2.40. The van der Waals surface area contributed by atoms with Crippen molar-refractivity contribution in [3.8, 4) is 6.07 Å². The maximum absolute atomic E-state index is 13.9. The largest absolute Gasteiger partial charge is 0.298 e. The Morgan fingerprint density at radius 3 is 2.40 bits per heavy atom. The minimum atomic E-state index is -0.257. The van der Waals surface area contributed by atoms with Crippen molar-refractivity contribution in [1.29, 1.82) is 5.26 Å². The van der Waals surface area contributed by atoms with Gasteiger partial charge in [-0.25, -0.2) is 4.39 Å². The number of halogens is 1. The molecule has 20 heavy (non-hydrogen) atoms. The Hall–Kier alpha value is -1.40. The summed E-state index contributed by atoms with van der Waals surface area (Å²) in [7, 11) is 0. The molecular formula is C17H23FN2. The fraction of sp³-hybridized carbons (Fsp3) is 0.588. The van der Waals surface area contributed by atoms with Crippen LogP contribution in [0.1, 0.15) is 50.7 Å². The van der Waals surface area contributed by atoms with Crippen LogP contribution in [0.4, 0.5) is 4.39 Å². The Bertz CT molecular complexity index is 490. The predicted octanol–water partition coefficient (Wildman–Crippen LogP) is 4.10. The summed E-state index contributed by atoms with van der Waals surface area (Å²) in [6, 6.07) is 6.74. The molecule has 0 aromatic heterocycles. The van der Waals surface area contributed by atoms with Crippen molar-refractivity contribution in [2.75, 3.05) is 13.1 Å². The van der Waals surface area contributed by atoms with Gasteiger partial charge in [-0.1, -0.05) is 32.8 Å². The highest BCUT2D eigenvalue weighted by molar-refractivity contribution is 5.33. The van der Waals surface area contributed by atoms with Gasteiger partial charge in [0.15, 0.2) is 0 Å². The first-order valence-corrected chi connectivity index (χ1v) is 7.53. The second kappa shape index (κ2) is 6.37. The number of benzene rings is 1. The molecule has 1 aliphatic heterocycles. The van der Waals surface area contributed by atoms with Gasteiger partial charge in [0.25, 0.3) is 0 Å². The van der Waals surface area contributed by atoms with Crippen molar-refractivity contribution in [3.63, 3.8) is 0 Å². The van der Waals surface area contributed by atoms with Crippen LogP contribution in [-0.2, 0) is 6.54 Å². The Morgan fingerprint density at radius 2 is 1.90 bits per heavy atom. The zero-order chi connectivity index (χ0) is 14.6. The molecule has 0 spiro atoms. The summed E-state index contributed by atoms with van der Waals surface area (Å²) in [5.74, 6) is -0.257. The predicted molar refractivity (Wildman–Crippen MR) is 78.6 cm³/mol. The zero-order valence-corrected chi connectivity index (χ0v) is 12.5. The summed E-state index contributed by atoms with van der Waals surface area (Å²) >= 11 is 0. The molecule has 0 radical (unpaired) electrons. The van der Waals surface area contributed by atoms with E-state index in [0.717, 1.165) is 13.1 Å². The summed E-state index contributed by atoms with van der Waals surface area (Å²) in [5, 5.41) is 8.75. The van der Waals surface area contributed by atoms with E-state index in [0.29, 0.717) is 23.1 Å². The molecule has 3 heteroatoms. The minimum Gasteiger partial charge on any atom is -0.298 e. The Balaban J connectivity index is 1.95. The maximum Gasteiger partial charge on any atom is 0.129 e. The van der Waals surface area contributed by atoms with Gasteiger partial charge in [-0.2, -0.15) is 5.26 Å². The molecule has 2 nitrogen and oxygen atoms in total. The van der Waals surface area contributed by atoms with E-state index < -0.39 is 0 Å². The number of likely N-dealkylation sites (tertiary alicyclic amines) is 1. The highest BCUT2D eigenvalue weighted by atomic mass is 19.1. The van der Waals surface area contributed by atoms with Crippen molar-refractivity contribution in [3.05, 3.63) is 35.1 Å². The molecule has 0 aliphatic carbocycles. The average Bonchev–Trinajstić information content (AvgIpc) is 2.39. The molecule has 1 fully saturated rings. The Kier molecular flexibility index (Phi) is 4.77. The lowest BCUT2D eigenvalue weighted by molar-refractivity contribution is -0.0209. The molecule has 1 saturated heterocycles. The van der Waals surface area contributed by atoms with Crippen molar-refractivity contribution in [2.45, 2.75) is 46.1 Å². The van der Waals surface area contributed by atoms with E-state index in [1.54, 1.807) is 12.1 Å². The monoisotopic (exact) mass is 274 g/mol. The van der Waals surface area contributed by atoms with Gasteiger partial charge in [-0.3, -0.25) is 4.90 Å². The number of nitrogens with zero attached hydrogens (tertiary/aromatic N) is 2. The van der Waals surface area contributed by atoms with Crippen LogP contribution < -0.4 is 0 Å². The minimum absolute atomic E-state index is 0.257. The van der Waals surface area contributed by atoms with Crippen LogP contribution in [0.15, 0.2) is 18.2 Å². The highest BCUT2D eigenvalue weighted by Crippen LogP contribution is 2.40. The van der Waals surface area contributed by atoms with Crippen LogP contribution in [-0.4, -0.2) is 18.0 Å². The van der Waals surface area contributed by atoms with E-state index in [1.807, 2.05) is 6.07 Å². The second-order valence-corrected chi connectivity index (χ2v) is 6.06. The van der Waals surface area contributed by atoms with E-state index in [4.69, 9.17) is 5.26 Å². The van der Waals surface area contributed by atoms with Crippen molar-refractivity contribution >= 4 is 0 Å². The second-order valence-electron chi connectivity index (χ2n) is 6.06. The van der Waals surface area contributed by atoms with E-state index in [-0.39, 0.29) is 5.82 Å². The smallest absolute Gasteiger partial charge is 0.129 e. The van der Waals surface area contributed by atoms with E-state index >= 15 is 0 Å². The first-order valence-electron chi connectivity index (χ1n) is 7.53. The molecule has 1 aromatic rings. The molecule has 0 N–H and O–H groups in total. The van der Waals surface area contributed by atoms with E-state index in [2.05, 4.69) is 18.7 Å². The summed E-state index contributed by atoms with van der Waals surface area (Å²) in [4.78, 5) is 2.32. The summed E-state index contributed by atoms with van der Waals surface area (Å²) < 4.78 is 13.9. The van der Waals surface area contributed by atoms with E-state index in [1.165, 1.54) is 31.7 Å². The maximum atomic E-state index is 13.9. The Labute approximate surface area is 121 Å². The Morgan fingerprint density at radius 1 is 1.25 bits per heavy atom. The zero-order valence-electron chi connectivity index (χ0n) is 12.5. The van der Waals surface area contributed by atoms with Gasteiger partial charge >= 0.3 is 0 Å². The molecule has 0 bridgehead atoms. The molecule has 0 unspecified atom stereocenters. The lowest BCUT2D eigenvalue weighted by Gasteiger charge is -2.51.